The Morgan fingerprint density at radius 2 is 2.16 bits per heavy atom. The fraction of sp³-hybridized carbons (Fsp3) is 0.250. The molecule has 19 heavy (non-hydrogen) atoms. The first kappa shape index (κ1) is 13.5. The summed E-state index contributed by atoms with van der Waals surface area (Å²) in [6.45, 7) is 1.74. The number of aromatic amines is 1. The number of carbonyl (C=O) groups excluding carboxylic acids is 1. The number of aryl methyl sites for hydroxylation is 1. The summed E-state index contributed by atoms with van der Waals surface area (Å²) in [6.07, 6.45) is 0. The zero-order chi connectivity index (χ0) is 14.0. The van der Waals surface area contributed by atoms with Crippen LogP contribution in [0, 0.1) is 6.92 Å². The van der Waals surface area contributed by atoms with Gasteiger partial charge in [0.2, 0.25) is 5.82 Å². The van der Waals surface area contributed by atoms with Gasteiger partial charge in [-0.1, -0.05) is 15.9 Å². The Hall–Kier alpha value is -1.89. The second-order valence-electron chi connectivity index (χ2n) is 4.25. The lowest BCUT2D eigenvalue weighted by Gasteiger charge is -2.17. The highest BCUT2D eigenvalue weighted by atomic mass is 79.9. The molecule has 1 aromatic heterocycles. The number of amides is 1. The fourth-order valence-electron chi connectivity index (χ4n) is 1.62. The molecule has 0 aliphatic heterocycles. The number of rotatable bonds is 3. The lowest BCUT2D eigenvalue weighted by molar-refractivity contribution is 0.101. The lowest BCUT2D eigenvalue weighted by atomic mass is 10.2. The molecular formula is C12H14BrN5O. The molecule has 2 N–H and O–H groups in total. The van der Waals surface area contributed by atoms with E-state index in [0.717, 1.165) is 10.2 Å². The Morgan fingerprint density at radius 3 is 2.74 bits per heavy atom. The number of benzene rings is 1. The molecule has 0 unspecified atom stereocenters. The Bertz CT molecular complexity index is 608. The van der Waals surface area contributed by atoms with Gasteiger partial charge in [0.1, 0.15) is 5.82 Å². The maximum atomic E-state index is 12.0. The minimum Gasteiger partial charge on any atom is -0.376 e. The van der Waals surface area contributed by atoms with Crippen molar-refractivity contribution < 1.29 is 4.79 Å². The smallest absolute Gasteiger partial charge is 0.295 e. The number of hydrogen-bond acceptors (Lipinski definition) is 4. The maximum absolute atomic E-state index is 12.0. The Labute approximate surface area is 119 Å². The standard InChI is InChI=1S/C12H14BrN5O/c1-7-14-11(17-16-7)12(19)15-9-6-8(13)4-5-10(9)18(2)3/h4-6H,1-3H3,(H,15,19)(H,14,16,17). The average molecular weight is 324 g/mol. The third-order valence-corrected chi connectivity index (χ3v) is 2.98. The zero-order valence-corrected chi connectivity index (χ0v) is 12.4. The van der Waals surface area contributed by atoms with Crippen molar-refractivity contribution >= 4 is 33.2 Å². The van der Waals surface area contributed by atoms with E-state index in [0.29, 0.717) is 11.5 Å². The molecule has 0 radical (unpaired) electrons. The van der Waals surface area contributed by atoms with Crippen LogP contribution in [-0.4, -0.2) is 35.2 Å². The molecule has 2 rings (SSSR count). The summed E-state index contributed by atoms with van der Waals surface area (Å²) in [5.74, 6) is 0.389. The van der Waals surface area contributed by atoms with Crippen molar-refractivity contribution in [1.82, 2.24) is 15.2 Å². The zero-order valence-electron chi connectivity index (χ0n) is 10.9. The molecule has 7 heteroatoms. The Kier molecular flexibility index (Phi) is 3.84. The second-order valence-corrected chi connectivity index (χ2v) is 5.17. The summed E-state index contributed by atoms with van der Waals surface area (Å²) in [5, 5.41) is 9.28. The highest BCUT2D eigenvalue weighted by Crippen LogP contribution is 2.28. The van der Waals surface area contributed by atoms with E-state index in [-0.39, 0.29) is 11.7 Å². The Balaban J connectivity index is 2.27. The van der Waals surface area contributed by atoms with E-state index in [4.69, 9.17) is 0 Å². The molecule has 0 spiro atoms. The van der Waals surface area contributed by atoms with Crippen molar-refractivity contribution in [3.8, 4) is 0 Å². The predicted molar refractivity (Wildman–Crippen MR) is 77.5 cm³/mol. The number of nitrogens with one attached hydrogen (secondary N) is 2. The van der Waals surface area contributed by atoms with Gasteiger partial charge >= 0.3 is 0 Å². The van der Waals surface area contributed by atoms with Crippen LogP contribution in [0.2, 0.25) is 0 Å². The van der Waals surface area contributed by atoms with Crippen LogP contribution in [0.3, 0.4) is 0 Å². The highest BCUT2D eigenvalue weighted by Gasteiger charge is 2.14. The molecule has 1 amide bonds. The van der Waals surface area contributed by atoms with Crippen molar-refractivity contribution in [2.75, 3.05) is 24.3 Å². The van der Waals surface area contributed by atoms with E-state index in [1.807, 2.05) is 37.2 Å². The summed E-state index contributed by atoms with van der Waals surface area (Å²) in [4.78, 5) is 17.9. The monoisotopic (exact) mass is 323 g/mol. The van der Waals surface area contributed by atoms with Crippen molar-refractivity contribution in [1.29, 1.82) is 0 Å². The molecule has 100 valence electrons. The van der Waals surface area contributed by atoms with E-state index in [1.165, 1.54) is 0 Å². The molecule has 0 atom stereocenters. The number of carbonyl (C=O) groups is 1. The average Bonchev–Trinajstić information content (AvgIpc) is 2.75. The molecule has 2 aromatic rings. The van der Waals surface area contributed by atoms with Crippen molar-refractivity contribution in [3.63, 3.8) is 0 Å². The fourth-order valence-corrected chi connectivity index (χ4v) is 1.98. The van der Waals surface area contributed by atoms with Crippen LogP contribution in [0.5, 0.6) is 0 Å². The molecule has 0 aliphatic carbocycles. The SMILES string of the molecule is Cc1nc(C(=O)Nc2cc(Br)ccc2N(C)C)n[nH]1. The van der Waals surface area contributed by atoms with Crippen molar-refractivity contribution in [3.05, 3.63) is 34.3 Å². The summed E-state index contributed by atoms with van der Waals surface area (Å²) in [5.41, 5.74) is 1.61. The normalized spacial score (nSPS) is 10.3. The summed E-state index contributed by atoms with van der Waals surface area (Å²) < 4.78 is 0.888. The summed E-state index contributed by atoms with van der Waals surface area (Å²) >= 11 is 3.39. The van der Waals surface area contributed by atoms with Gasteiger partial charge in [0.25, 0.3) is 5.91 Å². The first-order valence-electron chi connectivity index (χ1n) is 5.64. The van der Waals surface area contributed by atoms with Crippen molar-refractivity contribution in [2.45, 2.75) is 6.92 Å². The number of nitrogens with zero attached hydrogens (tertiary/aromatic N) is 3. The van der Waals surface area contributed by atoms with Crippen LogP contribution in [0.15, 0.2) is 22.7 Å². The first-order chi connectivity index (χ1) is 8.97. The van der Waals surface area contributed by atoms with Gasteiger partial charge in [0.05, 0.1) is 11.4 Å². The van der Waals surface area contributed by atoms with Crippen LogP contribution in [-0.2, 0) is 0 Å². The number of anilines is 2. The second kappa shape index (κ2) is 5.40. The maximum Gasteiger partial charge on any atom is 0.295 e. The van der Waals surface area contributed by atoms with E-state index >= 15 is 0 Å². The molecule has 0 bridgehead atoms. The van der Waals surface area contributed by atoms with Gasteiger partial charge in [-0.3, -0.25) is 9.89 Å². The van der Waals surface area contributed by atoms with Gasteiger partial charge in [0.15, 0.2) is 0 Å². The summed E-state index contributed by atoms with van der Waals surface area (Å²) in [7, 11) is 3.83. The quantitative estimate of drug-likeness (QED) is 0.908. The predicted octanol–water partition coefficient (Wildman–Crippen LogP) is 2.19. The van der Waals surface area contributed by atoms with E-state index < -0.39 is 0 Å². The Morgan fingerprint density at radius 1 is 1.42 bits per heavy atom. The van der Waals surface area contributed by atoms with Crippen LogP contribution in [0.1, 0.15) is 16.4 Å². The van der Waals surface area contributed by atoms with Gasteiger partial charge < -0.3 is 10.2 Å². The molecular weight excluding hydrogens is 310 g/mol. The number of halogens is 1. The van der Waals surface area contributed by atoms with E-state index in [1.54, 1.807) is 6.92 Å². The van der Waals surface area contributed by atoms with Crippen LogP contribution < -0.4 is 10.2 Å². The largest absolute Gasteiger partial charge is 0.376 e. The lowest BCUT2D eigenvalue weighted by Crippen LogP contribution is -2.17. The van der Waals surface area contributed by atoms with Crippen LogP contribution in [0.25, 0.3) is 0 Å². The van der Waals surface area contributed by atoms with Gasteiger partial charge in [-0.15, -0.1) is 5.10 Å². The molecule has 0 saturated heterocycles. The highest BCUT2D eigenvalue weighted by molar-refractivity contribution is 9.10. The van der Waals surface area contributed by atoms with Crippen molar-refractivity contribution in [2.24, 2.45) is 0 Å². The molecule has 6 nitrogen and oxygen atoms in total. The molecule has 0 saturated carbocycles. The molecule has 1 aromatic carbocycles. The van der Waals surface area contributed by atoms with Crippen LogP contribution >= 0.6 is 15.9 Å². The third-order valence-electron chi connectivity index (χ3n) is 2.49. The number of hydrogen-bond donors (Lipinski definition) is 2. The minimum absolute atomic E-state index is 0.127. The van der Waals surface area contributed by atoms with Gasteiger partial charge in [-0.05, 0) is 25.1 Å². The topological polar surface area (TPSA) is 73.9 Å². The molecule has 0 fully saturated rings. The van der Waals surface area contributed by atoms with E-state index in [2.05, 4.69) is 36.4 Å². The molecule has 0 aliphatic rings. The number of H-pyrrole nitrogens is 1. The third kappa shape index (κ3) is 3.11. The summed E-state index contributed by atoms with van der Waals surface area (Å²) in [6, 6.07) is 5.68. The van der Waals surface area contributed by atoms with Gasteiger partial charge in [-0.25, -0.2) is 4.98 Å². The van der Waals surface area contributed by atoms with E-state index in [9.17, 15) is 4.79 Å². The van der Waals surface area contributed by atoms with Crippen LogP contribution in [0.4, 0.5) is 11.4 Å². The minimum atomic E-state index is -0.342. The first-order valence-corrected chi connectivity index (χ1v) is 6.44. The number of aromatic nitrogens is 3. The van der Waals surface area contributed by atoms with Gasteiger partial charge in [-0.2, -0.15) is 0 Å². The van der Waals surface area contributed by atoms with Gasteiger partial charge in [0, 0.05) is 18.6 Å². The molecule has 1 heterocycles.